The van der Waals surface area contributed by atoms with Gasteiger partial charge in [-0.15, -0.1) is 0 Å². The lowest BCUT2D eigenvalue weighted by Crippen LogP contribution is -2.33. The van der Waals surface area contributed by atoms with E-state index in [1.165, 1.54) is 0 Å². The van der Waals surface area contributed by atoms with E-state index in [1.54, 1.807) is 0 Å². The maximum Gasteiger partial charge on any atom is 0.208 e. The summed E-state index contributed by atoms with van der Waals surface area (Å²) in [5.74, 6) is -1.32. The zero-order chi connectivity index (χ0) is 14.5. The van der Waals surface area contributed by atoms with Gasteiger partial charge < -0.3 is 10.4 Å². The summed E-state index contributed by atoms with van der Waals surface area (Å²) in [6.45, 7) is 0.407. The zero-order valence-corrected chi connectivity index (χ0v) is 11.2. The van der Waals surface area contributed by atoms with Crippen LogP contribution in [0, 0.1) is 11.6 Å². The van der Waals surface area contributed by atoms with Crippen molar-refractivity contribution >= 4 is 10.0 Å². The van der Waals surface area contributed by atoms with Crippen LogP contribution in [0.2, 0.25) is 0 Å². The van der Waals surface area contributed by atoms with Crippen LogP contribution in [0.4, 0.5) is 8.78 Å². The molecule has 5 nitrogen and oxygen atoms in total. The van der Waals surface area contributed by atoms with Crippen molar-refractivity contribution in [2.45, 2.75) is 6.10 Å². The first-order valence-corrected chi connectivity index (χ1v) is 7.47. The molecule has 0 aliphatic heterocycles. The summed E-state index contributed by atoms with van der Waals surface area (Å²) in [7, 11) is -3.25. The molecule has 0 saturated heterocycles. The molecule has 0 aliphatic rings. The number of rotatable bonds is 7. The van der Waals surface area contributed by atoms with Crippen LogP contribution in [-0.4, -0.2) is 39.4 Å². The molecule has 0 aliphatic carbocycles. The Morgan fingerprint density at radius 1 is 1.32 bits per heavy atom. The summed E-state index contributed by atoms with van der Waals surface area (Å²) in [5, 5.41) is 12.4. The lowest BCUT2D eigenvalue weighted by Gasteiger charge is -2.13. The minimum atomic E-state index is -3.25. The molecule has 0 bridgehead atoms. The number of sulfonamides is 1. The first-order valence-electron chi connectivity index (χ1n) is 5.58. The summed E-state index contributed by atoms with van der Waals surface area (Å²) in [5.41, 5.74) is -0.136. The van der Waals surface area contributed by atoms with Gasteiger partial charge in [0.2, 0.25) is 10.0 Å². The second-order valence-electron chi connectivity index (χ2n) is 4.05. The van der Waals surface area contributed by atoms with Crippen LogP contribution in [0.15, 0.2) is 18.2 Å². The molecule has 1 aromatic rings. The minimum Gasteiger partial charge on any atom is -0.387 e. The van der Waals surface area contributed by atoms with E-state index >= 15 is 0 Å². The van der Waals surface area contributed by atoms with Crippen molar-refractivity contribution < 1.29 is 22.3 Å². The summed E-state index contributed by atoms with van der Waals surface area (Å²) in [4.78, 5) is 0. The third kappa shape index (κ3) is 6.06. The minimum absolute atomic E-state index is 0.00812. The highest BCUT2D eigenvalue weighted by molar-refractivity contribution is 7.88. The second-order valence-corrected chi connectivity index (χ2v) is 5.89. The Hall–Kier alpha value is -1.09. The van der Waals surface area contributed by atoms with Gasteiger partial charge >= 0.3 is 0 Å². The molecule has 108 valence electrons. The zero-order valence-electron chi connectivity index (χ0n) is 10.4. The molecular weight excluding hydrogens is 278 g/mol. The third-order valence-electron chi connectivity index (χ3n) is 2.32. The quantitative estimate of drug-likeness (QED) is 0.625. The molecule has 19 heavy (non-hydrogen) atoms. The highest BCUT2D eigenvalue weighted by Crippen LogP contribution is 2.17. The Labute approximate surface area is 110 Å². The predicted molar refractivity (Wildman–Crippen MR) is 67.0 cm³/mol. The SMILES string of the molecule is CS(=O)(=O)NCCNCC(O)c1cc(F)ccc1F. The number of nitrogens with one attached hydrogen (secondary N) is 2. The van der Waals surface area contributed by atoms with E-state index in [9.17, 15) is 22.3 Å². The van der Waals surface area contributed by atoms with Gasteiger partial charge in [0, 0.05) is 25.2 Å². The van der Waals surface area contributed by atoms with Crippen molar-refractivity contribution in [3.8, 4) is 0 Å². The molecule has 0 spiro atoms. The van der Waals surface area contributed by atoms with E-state index in [1.807, 2.05) is 0 Å². The molecule has 8 heteroatoms. The summed E-state index contributed by atoms with van der Waals surface area (Å²) in [6, 6.07) is 2.84. The first-order chi connectivity index (χ1) is 8.79. The third-order valence-corrected chi connectivity index (χ3v) is 3.05. The Morgan fingerprint density at radius 2 is 2.00 bits per heavy atom. The monoisotopic (exact) mass is 294 g/mol. The van der Waals surface area contributed by atoms with Gasteiger partial charge in [0.25, 0.3) is 0 Å². The van der Waals surface area contributed by atoms with E-state index in [-0.39, 0.29) is 25.2 Å². The molecule has 0 fully saturated rings. The predicted octanol–water partition coefficient (Wildman–Crippen LogP) is 0.137. The van der Waals surface area contributed by atoms with E-state index in [4.69, 9.17) is 0 Å². The van der Waals surface area contributed by atoms with Crippen molar-refractivity contribution in [1.29, 1.82) is 0 Å². The van der Waals surface area contributed by atoms with Gasteiger partial charge in [0.1, 0.15) is 11.6 Å². The fourth-order valence-corrected chi connectivity index (χ4v) is 1.92. The van der Waals surface area contributed by atoms with Crippen LogP contribution >= 0.6 is 0 Å². The Morgan fingerprint density at radius 3 is 2.63 bits per heavy atom. The molecule has 0 aromatic heterocycles. The average molecular weight is 294 g/mol. The highest BCUT2D eigenvalue weighted by Gasteiger charge is 2.13. The van der Waals surface area contributed by atoms with Crippen molar-refractivity contribution in [3.63, 3.8) is 0 Å². The van der Waals surface area contributed by atoms with E-state index < -0.39 is 27.8 Å². The summed E-state index contributed by atoms with van der Waals surface area (Å²) >= 11 is 0. The van der Waals surface area contributed by atoms with Crippen molar-refractivity contribution in [2.75, 3.05) is 25.9 Å². The lowest BCUT2D eigenvalue weighted by molar-refractivity contribution is 0.170. The summed E-state index contributed by atoms with van der Waals surface area (Å²) < 4.78 is 50.0. The molecule has 3 N–H and O–H groups in total. The van der Waals surface area contributed by atoms with E-state index in [2.05, 4.69) is 10.0 Å². The smallest absolute Gasteiger partial charge is 0.208 e. The van der Waals surface area contributed by atoms with Gasteiger partial charge in [-0.05, 0) is 18.2 Å². The van der Waals surface area contributed by atoms with Gasteiger partial charge in [-0.3, -0.25) is 0 Å². The van der Waals surface area contributed by atoms with Gasteiger partial charge in [-0.2, -0.15) is 0 Å². The standard InChI is InChI=1S/C11H16F2N2O3S/c1-19(17,18)15-5-4-14-7-11(16)9-6-8(12)2-3-10(9)13/h2-3,6,11,14-16H,4-5,7H2,1H3. The van der Waals surface area contributed by atoms with Gasteiger partial charge in [0.15, 0.2) is 0 Å². The van der Waals surface area contributed by atoms with Crippen molar-refractivity contribution in [2.24, 2.45) is 0 Å². The van der Waals surface area contributed by atoms with Crippen LogP contribution in [0.5, 0.6) is 0 Å². The maximum absolute atomic E-state index is 13.3. The Balaban J connectivity index is 2.39. The molecule has 1 atom stereocenters. The molecular formula is C11H16F2N2O3S. The van der Waals surface area contributed by atoms with Crippen molar-refractivity contribution in [3.05, 3.63) is 35.4 Å². The lowest BCUT2D eigenvalue weighted by atomic mass is 10.1. The van der Waals surface area contributed by atoms with Crippen LogP contribution in [0.25, 0.3) is 0 Å². The summed E-state index contributed by atoms with van der Waals surface area (Å²) in [6.07, 6.45) is -0.168. The molecule has 1 unspecified atom stereocenters. The van der Waals surface area contributed by atoms with Gasteiger partial charge in [0.05, 0.1) is 12.4 Å². The maximum atomic E-state index is 13.3. The van der Waals surface area contributed by atoms with Crippen LogP contribution < -0.4 is 10.0 Å². The van der Waals surface area contributed by atoms with E-state index in [0.29, 0.717) is 0 Å². The fourth-order valence-electron chi connectivity index (χ4n) is 1.44. The van der Waals surface area contributed by atoms with Crippen LogP contribution in [0.3, 0.4) is 0 Å². The molecule has 0 saturated carbocycles. The molecule has 1 rings (SSSR count). The van der Waals surface area contributed by atoms with Gasteiger partial charge in [-0.25, -0.2) is 21.9 Å². The Kier molecular flexibility index (Phi) is 5.80. The van der Waals surface area contributed by atoms with Gasteiger partial charge in [-0.1, -0.05) is 0 Å². The van der Waals surface area contributed by atoms with E-state index in [0.717, 1.165) is 24.5 Å². The normalized spacial score (nSPS) is 13.5. The van der Waals surface area contributed by atoms with Crippen LogP contribution in [-0.2, 0) is 10.0 Å². The number of aliphatic hydroxyl groups excluding tert-OH is 1. The van der Waals surface area contributed by atoms with Crippen molar-refractivity contribution in [1.82, 2.24) is 10.0 Å². The number of benzene rings is 1. The number of hydrogen-bond acceptors (Lipinski definition) is 4. The number of aliphatic hydroxyl groups is 1. The second kappa shape index (κ2) is 6.90. The number of hydrogen-bond donors (Lipinski definition) is 3. The van der Waals surface area contributed by atoms with Crippen LogP contribution in [0.1, 0.15) is 11.7 Å². The number of halogens is 2. The fraction of sp³-hybridized carbons (Fsp3) is 0.455. The highest BCUT2D eigenvalue weighted by atomic mass is 32.2. The molecule has 0 radical (unpaired) electrons. The molecule has 0 amide bonds. The molecule has 0 heterocycles. The first kappa shape index (κ1) is 16.0. The topological polar surface area (TPSA) is 78.4 Å². The Bertz CT molecular complexity index is 523. The average Bonchev–Trinajstić information content (AvgIpc) is 2.30. The molecule has 1 aromatic carbocycles. The largest absolute Gasteiger partial charge is 0.387 e.